The lowest BCUT2D eigenvalue weighted by atomic mass is 10.2. The molecule has 128 valence electrons. The second-order valence-corrected chi connectivity index (χ2v) is 5.80. The molecule has 0 unspecified atom stereocenters. The Morgan fingerprint density at radius 3 is 2.62 bits per heavy atom. The fourth-order valence-corrected chi connectivity index (χ4v) is 2.33. The molecule has 24 heavy (non-hydrogen) atoms. The number of likely N-dealkylation sites (N-methyl/N-ethyl adjacent to an activating group) is 1. The maximum Gasteiger partial charge on any atom is 0.262 e. The van der Waals surface area contributed by atoms with Crippen molar-refractivity contribution in [3.63, 3.8) is 0 Å². The number of hydrogen-bond acceptors (Lipinski definition) is 4. The van der Waals surface area contributed by atoms with Crippen LogP contribution in [0.15, 0.2) is 42.5 Å². The summed E-state index contributed by atoms with van der Waals surface area (Å²) in [5.41, 5.74) is 2.46. The summed E-state index contributed by atoms with van der Waals surface area (Å²) in [5, 5.41) is 12.3. The van der Waals surface area contributed by atoms with Gasteiger partial charge in [0.25, 0.3) is 5.91 Å². The van der Waals surface area contributed by atoms with Gasteiger partial charge in [-0.2, -0.15) is 0 Å². The second-order valence-electron chi connectivity index (χ2n) is 5.39. The highest BCUT2D eigenvalue weighted by molar-refractivity contribution is 6.31. The monoisotopic (exact) mass is 348 g/mol. The average Bonchev–Trinajstić information content (AvgIpc) is 2.57. The van der Waals surface area contributed by atoms with Crippen LogP contribution >= 0.6 is 11.6 Å². The zero-order chi connectivity index (χ0) is 17.5. The Balaban J connectivity index is 1.89. The number of halogens is 1. The highest BCUT2D eigenvalue weighted by atomic mass is 35.5. The Labute approximate surface area is 146 Å². The predicted octanol–water partition coefficient (Wildman–Crippen LogP) is 3.09. The minimum absolute atomic E-state index is 0.0899. The van der Waals surface area contributed by atoms with Crippen LogP contribution in [0.25, 0.3) is 0 Å². The molecule has 0 saturated carbocycles. The van der Waals surface area contributed by atoms with Crippen molar-refractivity contribution in [1.82, 2.24) is 0 Å². The summed E-state index contributed by atoms with van der Waals surface area (Å²) >= 11 is 6.02. The number of carbonyl (C=O) groups excluding carboxylic acids is 1. The van der Waals surface area contributed by atoms with Crippen LogP contribution in [-0.2, 0) is 4.79 Å². The summed E-state index contributed by atoms with van der Waals surface area (Å²) < 4.78 is 5.51. The van der Waals surface area contributed by atoms with E-state index in [-0.39, 0.29) is 19.1 Å². The number of nitrogens with zero attached hydrogens (tertiary/aromatic N) is 1. The maximum atomic E-state index is 12.0. The van der Waals surface area contributed by atoms with Gasteiger partial charge in [-0.15, -0.1) is 0 Å². The van der Waals surface area contributed by atoms with Gasteiger partial charge in [-0.25, -0.2) is 0 Å². The van der Waals surface area contributed by atoms with Crippen LogP contribution in [0.1, 0.15) is 5.56 Å². The van der Waals surface area contributed by atoms with Gasteiger partial charge in [0, 0.05) is 35.6 Å². The normalized spacial score (nSPS) is 10.3. The van der Waals surface area contributed by atoms with Crippen LogP contribution < -0.4 is 15.0 Å². The number of aliphatic hydroxyl groups excluding tert-OH is 1. The molecule has 0 aliphatic rings. The van der Waals surface area contributed by atoms with Crippen LogP contribution in [0, 0.1) is 6.92 Å². The lowest BCUT2D eigenvalue weighted by Crippen LogP contribution is -2.22. The molecule has 0 heterocycles. The van der Waals surface area contributed by atoms with Crippen molar-refractivity contribution in [2.24, 2.45) is 0 Å². The number of ether oxygens (including phenoxy) is 1. The third-order valence-corrected chi connectivity index (χ3v) is 4.01. The molecule has 2 N–H and O–H groups in total. The number of rotatable bonds is 7. The van der Waals surface area contributed by atoms with E-state index in [1.54, 1.807) is 18.2 Å². The molecule has 2 rings (SSSR count). The number of anilines is 2. The van der Waals surface area contributed by atoms with Gasteiger partial charge >= 0.3 is 0 Å². The molecule has 2 aromatic carbocycles. The van der Waals surface area contributed by atoms with Crippen LogP contribution in [0.3, 0.4) is 0 Å². The second kappa shape index (κ2) is 8.57. The molecule has 1 amide bonds. The molecule has 0 aliphatic carbocycles. The lowest BCUT2D eigenvalue weighted by molar-refractivity contribution is -0.118. The smallest absolute Gasteiger partial charge is 0.262 e. The number of aliphatic hydroxyl groups is 1. The highest BCUT2D eigenvalue weighted by Gasteiger charge is 2.08. The summed E-state index contributed by atoms with van der Waals surface area (Å²) in [7, 11) is 1.89. The van der Waals surface area contributed by atoms with Gasteiger partial charge in [0.15, 0.2) is 6.61 Å². The van der Waals surface area contributed by atoms with E-state index in [9.17, 15) is 4.79 Å². The van der Waals surface area contributed by atoms with E-state index in [0.717, 1.165) is 11.3 Å². The van der Waals surface area contributed by atoms with Crippen LogP contribution in [-0.4, -0.2) is 37.8 Å². The Morgan fingerprint density at radius 2 is 1.96 bits per heavy atom. The molecule has 0 aromatic heterocycles. The first kappa shape index (κ1) is 18.1. The Bertz CT molecular complexity index is 689. The van der Waals surface area contributed by atoms with Crippen molar-refractivity contribution < 1.29 is 14.6 Å². The largest absolute Gasteiger partial charge is 0.483 e. The molecule has 0 fully saturated rings. The topological polar surface area (TPSA) is 61.8 Å². The summed E-state index contributed by atoms with van der Waals surface area (Å²) in [4.78, 5) is 13.9. The third-order valence-electron chi connectivity index (χ3n) is 3.60. The molecule has 0 aliphatic heterocycles. The van der Waals surface area contributed by atoms with E-state index in [1.807, 2.05) is 43.1 Å². The Hall–Kier alpha value is -2.24. The first-order valence-corrected chi connectivity index (χ1v) is 7.99. The Kier molecular flexibility index (Phi) is 6.46. The van der Waals surface area contributed by atoms with Gasteiger partial charge in [-0.05, 0) is 43.3 Å². The van der Waals surface area contributed by atoms with E-state index in [1.165, 1.54) is 0 Å². The van der Waals surface area contributed by atoms with Crippen molar-refractivity contribution >= 4 is 28.9 Å². The van der Waals surface area contributed by atoms with Crippen LogP contribution in [0.4, 0.5) is 11.4 Å². The number of carbonyl (C=O) groups is 1. The van der Waals surface area contributed by atoms with Gasteiger partial charge in [0.05, 0.1) is 6.61 Å². The van der Waals surface area contributed by atoms with Crippen molar-refractivity contribution in [2.45, 2.75) is 6.92 Å². The van der Waals surface area contributed by atoms with Crippen molar-refractivity contribution in [3.8, 4) is 5.75 Å². The van der Waals surface area contributed by atoms with Gasteiger partial charge in [0.1, 0.15) is 5.75 Å². The lowest BCUT2D eigenvalue weighted by Gasteiger charge is -2.18. The molecule has 2 aromatic rings. The van der Waals surface area contributed by atoms with Crippen LogP contribution in [0.5, 0.6) is 5.75 Å². The van der Waals surface area contributed by atoms with Crippen molar-refractivity contribution in [2.75, 3.05) is 37.0 Å². The summed E-state index contributed by atoms with van der Waals surface area (Å²) in [6.45, 7) is 2.40. The van der Waals surface area contributed by atoms with E-state index >= 15 is 0 Å². The minimum Gasteiger partial charge on any atom is -0.483 e. The number of benzene rings is 2. The van der Waals surface area contributed by atoms with Crippen molar-refractivity contribution in [3.05, 3.63) is 53.1 Å². The third kappa shape index (κ3) is 4.88. The van der Waals surface area contributed by atoms with Gasteiger partial charge in [-0.3, -0.25) is 4.79 Å². The van der Waals surface area contributed by atoms with Crippen molar-refractivity contribution in [1.29, 1.82) is 0 Å². The first-order valence-electron chi connectivity index (χ1n) is 7.61. The van der Waals surface area contributed by atoms with E-state index in [0.29, 0.717) is 23.0 Å². The van der Waals surface area contributed by atoms with E-state index < -0.39 is 0 Å². The summed E-state index contributed by atoms with van der Waals surface area (Å²) in [5.74, 6) is 0.351. The van der Waals surface area contributed by atoms with E-state index in [2.05, 4.69) is 5.32 Å². The molecule has 0 bridgehead atoms. The zero-order valence-corrected chi connectivity index (χ0v) is 14.5. The molecule has 0 spiro atoms. The molecule has 0 atom stereocenters. The SMILES string of the molecule is Cc1c(Cl)cccc1OCC(=O)Nc1ccc(N(C)CCO)cc1. The average molecular weight is 349 g/mol. The number of hydrogen-bond donors (Lipinski definition) is 2. The fourth-order valence-electron chi connectivity index (χ4n) is 2.16. The van der Waals surface area contributed by atoms with Gasteiger partial charge in [0.2, 0.25) is 0 Å². The fraction of sp³-hybridized carbons (Fsp3) is 0.278. The van der Waals surface area contributed by atoms with Gasteiger partial charge < -0.3 is 20.1 Å². The molecular formula is C18H21ClN2O3. The predicted molar refractivity (Wildman–Crippen MR) is 97.1 cm³/mol. The quantitative estimate of drug-likeness (QED) is 0.807. The standard InChI is InChI=1S/C18H21ClN2O3/c1-13-16(19)4-3-5-17(13)24-12-18(23)20-14-6-8-15(9-7-14)21(2)10-11-22/h3-9,22H,10-12H2,1-2H3,(H,20,23). The summed E-state index contributed by atoms with van der Waals surface area (Å²) in [6.07, 6.45) is 0. The van der Waals surface area contributed by atoms with Crippen LogP contribution in [0.2, 0.25) is 5.02 Å². The first-order chi connectivity index (χ1) is 11.5. The number of amides is 1. The zero-order valence-electron chi connectivity index (χ0n) is 13.8. The highest BCUT2D eigenvalue weighted by Crippen LogP contribution is 2.25. The van der Waals surface area contributed by atoms with Gasteiger partial charge in [-0.1, -0.05) is 17.7 Å². The molecule has 0 radical (unpaired) electrons. The van der Waals surface area contributed by atoms with E-state index in [4.69, 9.17) is 21.4 Å². The summed E-state index contributed by atoms with van der Waals surface area (Å²) in [6, 6.07) is 12.7. The number of nitrogens with one attached hydrogen (secondary N) is 1. The molecule has 0 saturated heterocycles. The Morgan fingerprint density at radius 1 is 1.25 bits per heavy atom. The minimum atomic E-state index is -0.245. The molecule has 5 nitrogen and oxygen atoms in total. The molecule has 6 heteroatoms. The molecular weight excluding hydrogens is 328 g/mol. The maximum absolute atomic E-state index is 12.0.